The predicted octanol–water partition coefficient (Wildman–Crippen LogP) is 5.85. The summed E-state index contributed by atoms with van der Waals surface area (Å²) in [7, 11) is -3.44. The SMILES string of the molecule is CCCCCCCCCCCC(=O)O[C@H](c1ccc(S(C)(=O)=O)cc1)C(CF)NC(=O)C(Cl)Cl. The van der Waals surface area contributed by atoms with E-state index in [9.17, 15) is 22.4 Å². The summed E-state index contributed by atoms with van der Waals surface area (Å²) >= 11 is 11.1. The molecule has 10 heteroatoms. The molecule has 1 N–H and O–H groups in total. The Labute approximate surface area is 212 Å². The average molecular weight is 541 g/mol. The van der Waals surface area contributed by atoms with E-state index in [1.54, 1.807) is 0 Å². The van der Waals surface area contributed by atoms with Crippen LogP contribution in [-0.2, 0) is 24.2 Å². The van der Waals surface area contributed by atoms with Crippen LogP contribution in [-0.4, -0.2) is 44.1 Å². The molecule has 34 heavy (non-hydrogen) atoms. The Morgan fingerprint density at radius 1 is 0.971 bits per heavy atom. The van der Waals surface area contributed by atoms with Crippen LogP contribution in [0.5, 0.6) is 0 Å². The van der Waals surface area contributed by atoms with E-state index in [2.05, 4.69) is 12.2 Å². The van der Waals surface area contributed by atoms with Crippen LogP contribution >= 0.6 is 23.2 Å². The number of carbonyl (C=O) groups is 2. The smallest absolute Gasteiger partial charge is 0.306 e. The van der Waals surface area contributed by atoms with Gasteiger partial charge in [0.05, 0.1) is 10.9 Å². The van der Waals surface area contributed by atoms with E-state index in [4.69, 9.17) is 27.9 Å². The fraction of sp³-hybridized carbons (Fsp3) is 0.667. The first-order valence-corrected chi connectivity index (χ1v) is 14.5. The van der Waals surface area contributed by atoms with Crippen LogP contribution in [0.1, 0.15) is 82.8 Å². The van der Waals surface area contributed by atoms with Gasteiger partial charge in [0, 0.05) is 12.7 Å². The van der Waals surface area contributed by atoms with Gasteiger partial charge in [0.1, 0.15) is 12.8 Å². The third kappa shape index (κ3) is 11.8. The molecule has 1 unspecified atom stereocenters. The van der Waals surface area contributed by atoms with E-state index in [0.29, 0.717) is 12.0 Å². The van der Waals surface area contributed by atoms with Crippen LogP contribution < -0.4 is 5.32 Å². The molecule has 0 saturated carbocycles. The van der Waals surface area contributed by atoms with Crippen molar-refractivity contribution in [1.82, 2.24) is 5.32 Å². The third-order valence-electron chi connectivity index (χ3n) is 5.44. The number of nitrogens with one attached hydrogen (secondary N) is 1. The van der Waals surface area contributed by atoms with Crippen molar-refractivity contribution in [3.63, 3.8) is 0 Å². The first kappa shape index (κ1) is 30.7. The molecule has 0 aliphatic rings. The van der Waals surface area contributed by atoms with Gasteiger partial charge in [0.2, 0.25) is 0 Å². The molecular weight excluding hydrogens is 504 g/mol. The van der Waals surface area contributed by atoms with E-state index in [1.807, 2.05) is 0 Å². The lowest BCUT2D eigenvalue weighted by atomic mass is 10.0. The summed E-state index contributed by atoms with van der Waals surface area (Å²) in [6, 6.07) is 4.31. The number of alkyl halides is 3. The van der Waals surface area contributed by atoms with Crippen LogP contribution in [0.2, 0.25) is 0 Å². The molecule has 0 aliphatic carbocycles. The lowest BCUT2D eigenvalue weighted by Crippen LogP contribution is -2.44. The van der Waals surface area contributed by atoms with Gasteiger partial charge < -0.3 is 10.1 Å². The van der Waals surface area contributed by atoms with Crippen molar-refractivity contribution >= 4 is 44.9 Å². The van der Waals surface area contributed by atoms with Crippen molar-refractivity contribution in [2.45, 2.75) is 93.0 Å². The van der Waals surface area contributed by atoms with Crippen molar-refractivity contribution in [3.8, 4) is 0 Å². The van der Waals surface area contributed by atoms with Gasteiger partial charge in [0.25, 0.3) is 5.91 Å². The van der Waals surface area contributed by atoms with E-state index >= 15 is 0 Å². The first-order valence-electron chi connectivity index (χ1n) is 11.7. The molecule has 2 atom stereocenters. The van der Waals surface area contributed by atoms with Crippen LogP contribution in [0.4, 0.5) is 4.39 Å². The molecule has 1 aromatic carbocycles. The van der Waals surface area contributed by atoms with Crippen LogP contribution in [0, 0.1) is 0 Å². The molecule has 1 amide bonds. The second kappa shape index (κ2) is 16.3. The van der Waals surface area contributed by atoms with E-state index < -0.39 is 45.4 Å². The van der Waals surface area contributed by atoms with Crippen molar-refractivity contribution in [1.29, 1.82) is 0 Å². The van der Waals surface area contributed by atoms with Gasteiger partial charge in [-0.2, -0.15) is 0 Å². The van der Waals surface area contributed by atoms with Crippen molar-refractivity contribution in [3.05, 3.63) is 29.8 Å². The second-order valence-electron chi connectivity index (χ2n) is 8.40. The van der Waals surface area contributed by atoms with Crippen molar-refractivity contribution in [2.24, 2.45) is 0 Å². The summed E-state index contributed by atoms with van der Waals surface area (Å²) in [5.74, 6) is -1.35. The van der Waals surface area contributed by atoms with Gasteiger partial charge >= 0.3 is 5.97 Å². The monoisotopic (exact) mass is 539 g/mol. The van der Waals surface area contributed by atoms with Gasteiger partial charge in [-0.3, -0.25) is 9.59 Å². The van der Waals surface area contributed by atoms with Gasteiger partial charge in [0.15, 0.2) is 14.7 Å². The number of hydrogen-bond acceptors (Lipinski definition) is 5. The maximum absolute atomic E-state index is 13.9. The zero-order valence-corrected chi connectivity index (χ0v) is 22.2. The molecule has 0 radical (unpaired) electrons. The molecule has 1 aromatic rings. The number of unbranched alkanes of at least 4 members (excludes halogenated alkanes) is 8. The quantitative estimate of drug-likeness (QED) is 0.152. The number of esters is 1. The summed E-state index contributed by atoms with van der Waals surface area (Å²) < 4.78 is 42.8. The lowest BCUT2D eigenvalue weighted by Gasteiger charge is -2.27. The van der Waals surface area contributed by atoms with Gasteiger partial charge in [-0.25, -0.2) is 12.8 Å². The number of halogens is 3. The second-order valence-corrected chi connectivity index (χ2v) is 11.5. The summed E-state index contributed by atoms with van der Waals surface area (Å²) in [6.07, 6.45) is 9.92. The molecular formula is C24H36Cl2FNO5S. The topological polar surface area (TPSA) is 89.5 Å². The molecule has 1 rings (SSSR count). The highest BCUT2D eigenvalue weighted by Gasteiger charge is 2.30. The zero-order chi connectivity index (χ0) is 25.6. The van der Waals surface area contributed by atoms with Crippen molar-refractivity contribution < 1.29 is 27.1 Å². The molecule has 194 valence electrons. The fourth-order valence-corrected chi connectivity index (χ4v) is 4.27. The highest BCUT2D eigenvalue weighted by Crippen LogP contribution is 2.25. The minimum absolute atomic E-state index is 0.0680. The summed E-state index contributed by atoms with van der Waals surface area (Å²) in [4.78, 5) is 23.1. The van der Waals surface area contributed by atoms with Gasteiger partial charge in [-0.05, 0) is 24.1 Å². The van der Waals surface area contributed by atoms with Crippen LogP contribution in [0.25, 0.3) is 0 Å². The Kier molecular flexibility index (Phi) is 14.7. The first-order chi connectivity index (χ1) is 16.1. The maximum atomic E-state index is 13.9. The molecule has 0 spiro atoms. The van der Waals surface area contributed by atoms with E-state index in [0.717, 1.165) is 25.5 Å². The van der Waals surface area contributed by atoms with Gasteiger partial charge in [-0.1, -0.05) is 93.6 Å². The summed E-state index contributed by atoms with van der Waals surface area (Å²) in [5.41, 5.74) is 0.344. The molecule has 6 nitrogen and oxygen atoms in total. The molecule has 0 aliphatic heterocycles. The Morgan fingerprint density at radius 2 is 1.50 bits per heavy atom. The van der Waals surface area contributed by atoms with E-state index in [-0.39, 0.29) is 11.3 Å². The predicted molar refractivity (Wildman–Crippen MR) is 134 cm³/mol. The Morgan fingerprint density at radius 3 is 1.97 bits per heavy atom. The Balaban J connectivity index is 2.75. The summed E-state index contributed by atoms with van der Waals surface area (Å²) in [5, 5.41) is 2.35. The van der Waals surface area contributed by atoms with E-state index in [1.165, 1.54) is 56.4 Å². The van der Waals surface area contributed by atoms with Crippen molar-refractivity contribution in [2.75, 3.05) is 12.9 Å². The fourth-order valence-electron chi connectivity index (χ4n) is 3.51. The number of rotatable bonds is 17. The third-order valence-corrected chi connectivity index (χ3v) is 6.96. The number of amides is 1. The average Bonchev–Trinajstić information content (AvgIpc) is 2.79. The molecule has 0 fully saturated rings. The Bertz CT molecular complexity index is 849. The summed E-state index contributed by atoms with van der Waals surface area (Å²) in [6.45, 7) is 1.14. The Hall–Kier alpha value is -1.38. The standard InChI is InChI=1S/C24H36Cl2FNO5S/c1-3-4-5-6-7-8-9-10-11-12-21(29)33-22(20(17-27)28-24(30)23(25)26)18-13-15-19(16-14-18)34(2,31)32/h13-16,20,22-23H,3-12,17H2,1-2H3,(H,28,30)/t20?,22-/m1/s1. The highest BCUT2D eigenvalue weighted by molar-refractivity contribution is 7.90. The minimum Gasteiger partial charge on any atom is -0.455 e. The normalized spacial score (nSPS) is 13.5. The van der Waals surface area contributed by atoms with Crippen LogP contribution in [0.3, 0.4) is 0 Å². The number of hydrogen-bond donors (Lipinski definition) is 1. The maximum Gasteiger partial charge on any atom is 0.306 e. The largest absolute Gasteiger partial charge is 0.455 e. The number of ether oxygens (including phenoxy) is 1. The molecule has 0 aromatic heterocycles. The minimum atomic E-state index is -3.44. The van der Waals surface area contributed by atoms with Gasteiger partial charge in [-0.15, -0.1) is 0 Å². The highest BCUT2D eigenvalue weighted by atomic mass is 35.5. The number of carbonyl (C=O) groups excluding carboxylic acids is 2. The molecule has 0 saturated heterocycles. The lowest BCUT2D eigenvalue weighted by molar-refractivity contribution is -0.152. The molecule has 0 heterocycles. The van der Waals surface area contributed by atoms with Crippen LogP contribution in [0.15, 0.2) is 29.2 Å². The zero-order valence-electron chi connectivity index (χ0n) is 19.9. The number of benzene rings is 1. The molecule has 0 bridgehead atoms. The number of sulfone groups is 1.